The van der Waals surface area contributed by atoms with Crippen molar-refractivity contribution in [2.75, 3.05) is 0 Å². The van der Waals surface area contributed by atoms with E-state index in [9.17, 15) is 9.90 Å². The minimum Gasteiger partial charge on any atom is -0.508 e. The summed E-state index contributed by atoms with van der Waals surface area (Å²) in [5, 5.41) is 13.7. The Kier molecular flexibility index (Phi) is 3.38. The Morgan fingerprint density at radius 1 is 1.25 bits per heavy atom. The van der Waals surface area contributed by atoms with Crippen LogP contribution < -0.4 is 5.32 Å². The number of carbonyl (C=O) groups excluding carboxylic acids is 1. The summed E-state index contributed by atoms with van der Waals surface area (Å²) in [6.45, 7) is 1.93. The van der Waals surface area contributed by atoms with Gasteiger partial charge in [0, 0.05) is 23.0 Å². The molecule has 4 nitrogen and oxygen atoms in total. The van der Waals surface area contributed by atoms with Crippen LogP contribution in [0.4, 0.5) is 0 Å². The van der Waals surface area contributed by atoms with E-state index in [0.29, 0.717) is 11.7 Å². The average molecular weight is 272 g/mol. The van der Waals surface area contributed by atoms with Gasteiger partial charge >= 0.3 is 0 Å². The number of benzene rings is 1. The predicted molar refractivity (Wildman–Crippen MR) is 79.0 cm³/mol. The first-order valence-corrected chi connectivity index (χ1v) is 7.26. The summed E-state index contributed by atoms with van der Waals surface area (Å²) < 4.78 is 0. The zero-order valence-corrected chi connectivity index (χ0v) is 11.7. The molecule has 1 aliphatic carbocycles. The molecule has 1 aliphatic rings. The summed E-state index contributed by atoms with van der Waals surface area (Å²) in [6, 6.07) is 5.53. The predicted octanol–water partition coefficient (Wildman–Crippen LogP) is 3.24. The summed E-state index contributed by atoms with van der Waals surface area (Å²) in [4.78, 5) is 15.4. The molecule has 0 saturated heterocycles. The van der Waals surface area contributed by atoms with E-state index in [0.717, 1.165) is 29.3 Å². The van der Waals surface area contributed by atoms with Crippen LogP contribution in [0.3, 0.4) is 0 Å². The Balaban J connectivity index is 1.82. The number of H-pyrrole nitrogens is 1. The molecule has 0 bridgehead atoms. The minimum absolute atomic E-state index is 0.0491. The van der Waals surface area contributed by atoms with Crippen LogP contribution in [0.5, 0.6) is 5.75 Å². The first-order valence-electron chi connectivity index (χ1n) is 7.26. The molecule has 1 heterocycles. The van der Waals surface area contributed by atoms with E-state index in [1.54, 1.807) is 12.1 Å². The molecule has 1 saturated carbocycles. The molecular formula is C16H20N2O2. The van der Waals surface area contributed by atoms with Crippen LogP contribution in [0.2, 0.25) is 0 Å². The standard InChI is InChI=1S/C16H20N2O2/c1-10-7-12(19)8-14-13(10)9-15(18-14)16(20)17-11-5-3-2-4-6-11/h7-9,11,18-19H,2-6H2,1H3,(H,17,20). The van der Waals surface area contributed by atoms with Crippen molar-refractivity contribution in [1.29, 1.82) is 0 Å². The summed E-state index contributed by atoms with van der Waals surface area (Å²) in [5.41, 5.74) is 2.34. The van der Waals surface area contributed by atoms with Crippen LogP contribution in [0.25, 0.3) is 10.9 Å². The van der Waals surface area contributed by atoms with Gasteiger partial charge in [-0.05, 0) is 37.5 Å². The Morgan fingerprint density at radius 2 is 2.00 bits per heavy atom. The molecule has 1 aromatic carbocycles. The number of amides is 1. The van der Waals surface area contributed by atoms with Crippen molar-refractivity contribution in [2.24, 2.45) is 0 Å². The van der Waals surface area contributed by atoms with Crippen LogP contribution >= 0.6 is 0 Å². The van der Waals surface area contributed by atoms with Crippen LogP contribution in [0, 0.1) is 6.92 Å². The van der Waals surface area contributed by atoms with Crippen molar-refractivity contribution in [3.05, 3.63) is 29.5 Å². The van der Waals surface area contributed by atoms with Gasteiger partial charge in [0.05, 0.1) is 0 Å². The normalized spacial score (nSPS) is 16.4. The molecule has 3 rings (SSSR count). The van der Waals surface area contributed by atoms with Gasteiger partial charge in [0.25, 0.3) is 5.91 Å². The highest BCUT2D eigenvalue weighted by Crippen LogP contribution is 2.25. The average Bonchev–Trinajstić information content (AvgIpc) is 2.84. The Morgan fingerprint density at radius 3 is 2.75 bits per heavy atom. The van der Waals surface area contributed by atoms with Gasteiger partial charge in [0.1, 0.15) is 11.4 Å². The Bertz CT molecular complexity index is 639. The zero-order valence-electron chi connectivity index (χ0n) is 11.7. The molecule has 1 aromatic heterocycles. The van der Waals surface area contributed by atoms with E-state index in [-0.39, 0.29) is 11.7 Å². The van der Waals surface area contributed by atoms with Crippen molar-refractivity contribution < 1.29 is 9.90 Å². The number of aromatic hydroxyl groups is 1. The van der Waals surface area contributed by atoms with Gasteiger partial charge < -0.3 is 15.4 Å². The molecular weight excluding hydrogens is 252 g/mol. The third kappa shape index (κ3) is 2.50. The lowest BCUT2D eigenvalue weighted by Crippen LogP contribution is -2.36. The van der Waals surface area contributed by atoms with E-state index < -0.39 is 0 Å². The number of aromatic nitrogens is 1. The highest BCUT2D eigenvalue weighted by molar-refractivity contribution is 5.99. The highest BCUT2D eigenvalue weighted by atomic mass is 16.3. The second kappa shape index (κ2) is 5.19. The molecule has 0 spiro atoms. The van der Waals surface area contributed by atoms with Crippen LogP contribution in [-0.4, -0.2) is 22.0 Å². The second-order valence-electron chi connectivity index (χ2n) is 5.72. The van der Waals surface area contributed by atoms with E-state index >= 15 is 0 Å². The molecule has 1 amide bonds. The molecule has 0 aliphatic heterocycles. The van der Waals surface area contributed by atoms with Crippen molar-refractivity contribution in [3.63, 3.8) is 0 Å². The SMILES string of the molecule is Cc1cc(O)cc2[nH]c(C(=O)NC3CCCCC3)cc12. The van der Waals surface area contributed by atoms with Gasteiger partial charge in [-0.1, -0.05) is 19.3 Å². The topological polar surface area (TPSA) is 65.1 Å². The lowest BCUT2D eigenvalue weighted by atomic mass is 9.95. The lowest BCUT2D eigenvalue weighted by molar-refractivity contribution is 0.0923. The van der Waals surface area contributed by atoms with E-state index in [1.165, 1.54) is 19.3 Å². The van der Waals surface area contributed by atoms with E-state index in [4.69, 9.17) is 0 Å². The first kappa shape index (κ1) is 13.0. The summed E-state index contributed by atoms with van der Waals surface area (Å²) in [7, 11) is 0. The number of rotatable bonds is 2. The first-order chi connectivity index (χ1) is 9.63. The smallest absolute Gasteiger partial charge is 0.267 e. The van der Waals surface area contributed by atoms with Crippen molar-refractivity contribution >= 4 is 16.8 Å². The maximum Gasteiger partial charge on any atom is 0.267 e. The number of carbonyl (C=O) groups is 1. The summed E-state index contributed by atoms with van der Waals surface area (Å²) >= 11 is 0. The maximum absolute atomic E-state index is 12.3. The molecule has 2 aromatic rings. The molecule has 4 heteroatoms. The molecule has 0 unspecified atom stereocenters. The zero-order chi connectivity index (χ0) is 14.1. The fraction of sp³-hybridized carbons (Fsp3) is 0.438. The van der Waals surface area contributed by atoms with Crippen molar-refractivity contribution in [1.82, 2.24) is 10.3 Å². The third-order valence-electron chi connectivity index (χ3n) is 4.11. The van der Waals surface area contributed by atoms with Gasteiger partial charge in [-0.2, -0.15) is 0 Å². The molecule has 106 valence electrons. The number of phenols is 1. The third-order valence-corrected chi connectivity index (χ3v) is 4.11. The molecule has 1 fully saturated rings. The van der Waals surface area contributed by atoms with Crippen LogP contribution in [0.15, 0.2) is 18.2 Å². The Hall–Kier alpha value is -1.97. The Labute approximate surface area is 118 Å². The number of aromatic amines is 1. The molecule has 0 atom stereocenters. The van der Waals surface area contributed by atoms with Crippen molar-refractivity contribution in [3.8, 4) is 5.75 Å². The van der Waals surface area contributed by atoms with Crippen LogP contribution in [0.1, 0.15) is 48.2 Å². The van der Waals surface area contributed by atoms with E-state index in [1.807, 2.05) is 13.0 Å². The summed E-state index contributed by atoms with van der Waals surface area (Å²) in [6.07, 6.45) is 5.82. The lowest BCUT2D eigenvalue weighted by Gasteiger charge is -2.22. The number of hydrogen-bond acceptors (Lipinski definition) is 2. The van der Waals surface area contributed by atoms with Gasteiger partial charge in [-0.25, -0.2) is 0 Å². The number of fused-ring (bicyclic) bond motifs is 1. The molecule has 0 radical (unpaired) electrons. The van der Waals surface area contributed by atoms with Gasteiger partial charge in [-0.15, -0.1) is 0 Å². The maximum atomic E-state index is 12.3. The fourth-order valence-electron chi connectivity index (χ4n) is 3.03. The number of nitrogens with one attached hydrogen (secondary N) is 2. The minimum atomic E-state index is -0.0491. The van der Waals surface area contributed by atoms with Crippen molar-refractivity contribution in [2.45, 2.75) is 45.1 Å². The highest BCUT2D eigenvalue weighted by Gasteiger charge is 2.18. The van der Waals surface area contributed by atoms with E-state index in [2.05, 4.69) is 10.3 Å². The molecule has 3 N–H and O–H groups in total. The fourth-order valence-corrected chi connectivity index (χ4v) is 3.03. The largest absolute Gasteiger partial charge is 0.508 e. The number of aryl methyl sites for hydroxylation is 1. The van der Waals surface area contributed by atoms with Gasteiger partial charge in [0.2, 0.25) is 0 Å². The molecule has 20 heavy (non-hydrogen) atoms. The quantitative estimate of drug-likeness (QED) is 0.785. The van der Waals surface area contributed by atoms with Gasteiger partial charge in [0.15, 0.2) is 0 Å². The number of hydrogen-bond donors (Lipinski definition) is 3. The summed E-state index contributed by atoms with van der Waals surface area (Å²) in [5.74, 6) is 0.170. The van der Waals surface area contributed by atoms with Crippen LogP contribution in [-0.2, 0) is 0 Å². The second-order valence-corrected chi connectivity index (χ2v) is 5.72. The van der Waals surface area contributed by atoms with Gasteiger partial charge in [-0.3, -0.25) is 4.79 Å². The number of phenolic OH excluding ortho intramolecular Hbond substituents is 1. The monoisotopic (exact) mass is 272 g/mol.